The van der Waals surface area contributed by atoms with Crippen LogP contribution in [-0.4, -0.2) is 42.0 Å². The minimum absolute atomic E-state index is 0.0919. The normalized spacial score (nSPS) is 27.8. The third-order valence-electron chi connectivity index (χ3n) is 2.98. The van der Waals surface area contributed by atoms with E-state index < -0.39 is 0 Å². The molecular formula is C12H25N3O. The van der Waals surface area contributed by atoms with Crippen LogP contribution in [0.25, 0.3) is 0 Å². The summed E-state index contributed by atoms with van der Waals surface area (Å²) in [7, 11) is 0. The zero-order valence-electron chi connectivity index (χ0n) is 10.9. The molecule has 2 unspecified atom stereocenters. The summed E-state index contributed by atoms with van der Waals surface area (Å²) in [5.74, 6) is 0.663. The molecule has 1 amide bonds. The standard InChI is InChI=1S/C12H25N3O/c1-9-5-6-15(7-10(9)13)8-11(16)14-12(2,3)4/h9-10H,5-8,13H2,1-4H3,(H,14,16). The van der Waals surface area contributed by atoms with Crippen molar-refractivity contribution in [2.45, 2.75) is 45.7 Å². The first-order chi connectivity index (χ1) is 7.28. The Labute approximate surface area is 98.6 Å². The largest absolute Gasteiger partial charge is 0.350 e. The molecule has 1 aliphatic rings. The lowest BCUT2D eigenvalue weighted by atomic mass is 9.94. The van der Waals surface area contributed by atoms with E-state index in [4.69, 9.17) is 5.73 Å². The second-order valence-corrected chi connectivity index (χ2v) is 5.96. The maximum absolute atomic E-state index is 11.7. The van der Waals surface area contributed by atoms with E-state index in [1.807, 2.05) is 20.8 Å². The number of likely N-dealkylation sites (tertiary alicyclic amines) is 1. The van der Waals surface area contributed by atoms with Crippen LogP contribution in [0.3, 0.4) is 0 Å². The van der Waals surface area contributed by atoms with Crippen molar-refractivity contribution in [3.05, 3.63) is 0 Å². The van der Waals surface area contributed by atoms with Crippen molar-refractivity contribution in [3.63, 3.8) is 0 Å². The molecule has 4 heteroatoms. The van der Waals surface area contributed by atoms with Gasteiger partial charge in [0.05, 0.1) is 6.54 Å². The van der Waals surface area contributed by atoms with Gasteiger partial charge in [0.2, 0.25) is 5.91 Å². The fourth-order valence-electron chi connectivity index (χ4n) is 1.97. The molecule has 2 atom stereocenters. The van der Waals surface area contributed by atoms with Gasteiger partial charge in [-0.1, -0.05) is 6.92 Å². The average molecular weight is 227 g/mol. The molecule has 1 rings (SSSR count). The minimum atomic E-state index is -0.151. The predicted octanol–water partition coefficient (Wildman–Crippen LogP) is 0.570. The van der Waals surface area contributed by atoms with Crippen LogP contribution < -0.4 is 11.1 Å². The average Bonchev–Trinajstić information content (AvgIpc) is 2.08. The van der Waals surface area contributed by atoms with Crippen LogP contribution >= 0.6 is 0 Å². The van der Waals surface area contributed by atoms with Gasteiger partial charge in [0.25, 0.3) is 0 Å². The number of piperidine rings is 1. The van der Waals surface area contributed by atoms with Crippen molar-refractivity contribution >= 4 is 5.91 Å². The Bertz CT molecular complexity index is 247. The Hall–Kier alpha value is -0.610. The van der Waals surface area contributed by atoms with Crippen LogP contribution in [0.2, 0.25) is 0 Å². The first kappa shape index (κ1) is 13.5. The molecule has 0 spiro atoms. The molecule has 0 aliphatic carbocycles. The molecular weight excluding hydrogens is 202 g/mol. The van der Waals surface area contributed by atoms with Gasteiger partial charge in [-0.3, -0.25) is 9.69 Å². The number of nitrogens with one attached hydrogen (secondary N) is 1. The highest BCUT2D eigenvalue weighted by Gasteiger charge is 2.25. The molecule has 1 fully saturated rings. The van der Waals surface area contributed by atoms with Crippen molar-refractivity contribution in [2.24, 2.45) is 11.7 Å². The van der Waals surface area contributed by atoms with E-state index in [0.717, 1.165) is 19.5 Å². The van der Waals surface area contributed by atoms with Crippen LogP contribution in [0.1, 0.15) is 34.1 Å². The molecule has 0 aromatic heterocycles. The highest BCUT2D eigenvalue weighted by atomic mass is 16.2. The first-order valence-electron chi connectivity index (χ1n) is 6.07. The third-order valence-corrected chi connectivity index (χ3v) is 2.98. The van der Waals surface area contributed by atoms with Gasteiger partial charge in [-0.05, 0) is 39.7 Å². The van der Waals surface area contributed by atoms with Gasteiger partial charge in [0.1, 0.15) is 0 Å². The molecule has 0 aromatic carbocycles. The summed E-state index contributed by atoms with van der Waals surface area (Å²) < 4.78 is 0. The molecule has 1 aliphatic heterocycles. The molecule has 3 N–H and O–H groups in total. The van der Waals surface area contributed by atoms with Crippen LogP contribution in [0, 0.1) is 5.92 Å². The summed E-state index contributed by atoms with van der Waals surface area (Å²) in [6.45, 7) is 10.4. The fraction of sp³-hybridized carbons (Fsp3) is 0.917. The predicted molar refractivity (Wildman–Crippen MR) is 66.1 cm³/mol. The van der Waals surface area contributed by atoms with Crippen molar-refractivity contribution in [3.8, 4) is 0 Å². The quantitative estimate of drug-likeness (QED) is 0.725. The molecule has 1 saturated heterocycles. The van der Waals surface area contributed by atoms with Crippen molar-refractivity contribution in [2.75, 3.05) is 19.6 Å². The second-order valence-electron chi connectivity index (χ2n) is 5.96. The van der Waals surface area contributed by atoms with Crippen LogP contribution in [0.5, 0.6) is 0 Å². The zero-order chi connectivity index (χ0) is 12.3. The third kappa shape index (κ3) is 4.49. The van der Waals surface area contributed by atoms with Gasteiger partial charge in [-0.25, -0.2) is 0 Å². The van der Waals surface area contributed by atoms with Gasteiger partial charge >= 0.3 is 0 Å². The van der Waals surface area contributed by atoms with Crippen molar-refractivity contribution < 1.29 is 4.79 Å². The lowest BCUT2D eigenvalue weighted by Gasteiger charge is -2.35. The van der Waals surface area contributed by atoms with E-state index in [1.54, 1.807) is 0 Å². The zero-order valence-corrected chi connectivity index (χ0v) is 10.9. The molecule has 1 heterocycles. The minimum Gasteiger partial charge on any atom is -0.350 e. The van der Waals surface area contributed by atoms with Crippen LogP contribution in [0.4, 0.5) is 0 Å². The number of rotatable bonds is 2. The Morgan fingerprint density at radius 3 is 2.62 bits per heavy atom. The Morgan fingerprint density at radius 1 is 1.50 bits per heavy atom. The molecule has 0 saturated carbocycles. The Morgan fingerprint density at radius 2 is 2.12 bits per heavy atom. The monoisotopic (exact) mass is 227 g/mol. The smallest absolute Gasteiger partial charge is 0.234 e. The number of amides is 1. The van der Waals surface area contributed by atoms with E-state index in [2.05, 4.69) is 17.1 Å². The van der Waals surface area contributed by atoms with Crippen molar-refractivity contribution in [1.82, 2.24) is 10.2 Å². The highest BCUT2D eigenvalue weighted by molar-refractivity contribution is 5.78. The van der Waals surface area contributed by atoms with Crippen molar-refractivity contribution in [1.29, 1.82) is 0 Å². The lowest BCUT2D eigenvalue weighted by Crippen LogP contribution is -2.52. The molecule has 4 nitrogen and oxygen atoms in total. The van der Waals surface area contributed by atoms with Gasteiger partial charge in [-0.2, -0.15) is 0 Å². The first-order valence-corrected chi connectivity index (χ1v) is 6.07. The number of nitrogens with two attached hydrogens (primary N) is 1. The van der Waals surface area contributed by atoms with E-state index in [9.17, 15) is 4.79 Å². The fourth-order valence-corrected chi connectivity index (χ4v) is 1.97. The summed E-state index contributed by atoms with van der Waals surface area (Å²) in [6, 6.07) is 0.205. The summed E-state index contributed by atoms with van der Waals surface area (Å²) in [5.41, 5.74) is 5.85. The number of carbonyl (C=O) groups is 1. The summed E-state index contributed by atoms with van der Waals surface area (Å²) in [6.07, 6.45) is 1.09. The maximum atomic E-state index is 11.7. The summed E-state index contributed by atoms with van der Waals surface area (Å²) >= 11 is 0. The van der Waals surface area contributed by atoms with E-state index in [1.165, 1.54) is 0 Å². The highest BCUT2D eigenvalue weighted by Crippen LogP contribution is 2.14. The molecule has 0 aromatic rings. The van der Waals surface area contributed by atoms with Crippen LogP contribution in [0.15, 0.2) is 0 Å². The molecule has 16 heavy (non-hydrogen) atoms. The number of nitrogens with zero attached hydrogens (tertiary/aromatic N) is 1. The van der Waals surface area contributed by atoms with Gasteiger partial charge < -0.3 is 11.1 Å². The van der Waals surface area contributed by atoms with Gasteiger partial charge in [0, 0.05) is 18.1 Å². The second kappa shape index (κ2) is 5.15. The Balaban J connectivity index is 2.35. The van der Waals surface area contributed by atoms with Crippen LogP contribution in [-0.2, 0) is 4.79 Å². The number of carbonyl (C=O) groups excluding carboxylic acids is 1. The SMILES string of the molecule is CC1CCN(CC(=O)NC(C)(C)C)CC1N. The molecule has 0 radical (unpaired) electrons. The van der Waals surface area contributed by atoms with Gasteiger partial charge in [0.15, 0.2) is 0 Å². The number of hydrogen-bond acceptors (Lipinski definition) is 3. The van der Waals surface area contributed by atoms with E-state index >= 15 is 0 Å². The molecule has 0 bridgehead atoms. The summed E-state index contributed by atoms with van der Waals surface area (Å²) in [4.78, 5) is 13.9. The maximum Gasteiger partial charge on any atom is 0.234 e. The summed E-state index contributed by atoms with van der Waals surface area (Å²) in [5, 5.41) is 2.97. The molecule has 94 valence electrons. The Kier molecular flexibility index (Phi) is 4.33. The number of hydrogen-bond donors (Lipinski definition) is 2. The topological polar surface area (TPSA) is 58.4 Å². The lowest BCUT2D eigenvalue weighted by molar-refractivity contribution is -0.124. The van der Waals surface area contributed by atoms with E-state index in [-0.39, 0.29) is 17.5 Å². The van der Waals surface area contributed by atoms with Gasteiger partial charge in [-0.15, -0.1) is 0 Å². The van der Waals surface area contributed by atoms with E-state index in [0.29, 0.717) is 12.5 Å².